The first-order chi connectivity index (χ1) is 9.09. The molecule has 0 radical (unpaired) electrons. The zero-order valence-electron chi connectivity index (χ0n) is 10.3. The molecule has 0 aliphatic heterocycles. The molecule has 0 aliphatic rings. The van der Waals surface area contributed by atoms with Crippen molar-refractivity contribution in [1.82, 2.24) is 4.72 Å². The smallest absolute Gasteiger partial charge is 0.335 e. The first-order valence-corrected chi connectivity index (χ1v) is 8.76. The molecular weight excluding hydrogens is 308 g/mol. The molecule has 4 N–H and O–H groups in total. The van der Waals surface area contributed by atoms with Gasteiger partial charge in [-0.1, -0.05) is 12.1 Å². The molecule has 0 aliphatic carbocycles. The molecule has 0 spiro atoms. The van der Waals surface area contributed by atoms with Gasteiger partial charge in [0.05, 0.1) is 17.1 Å². The largest absolute Gasteiger partial charge is 0.478 e. The molecule has 1 aromatic carbocycles. The summed E-state index contributed by atoms with van der Waals surface area (Å²) in [7, 11) is -7.43. The SMILES string of the molecule is NS(=O)(=O)CCNS(=O)(=O)Cc1ccc(C(=O)O)cc1. The molecule has 8 nitrogen and oxygen atoms in total. The van der Waals surface area contributed by atoms with Gasteiger partial charge in [0.15, 0.2) is 0 Å². The fourth-order valence-corrected chi connectivity index (χ4v) is 3.02. The van der Waals surface area contributed by atoms with Crippen molar-refractivity contribution in [2.24, 2.45) is 5.14 Å². The fourth-order valence-electron chi connectivity index (χ4n) is 1.35. The van der Waals surface area contributed by atoms with E-state index in [0.717, 1.165) is 0 Å². The molecule has 0 aromatic heterocycles. The molecule has 0 unspecified atom stereocenters. The number of aromatic carboxylic acids is 1. The van der Waals surface area contributed by atoms with E-state index in [-0.39, 0.29) is 17.9 Å². The molecule has 0 atom stereocenters. The van der Waals surface area contributed by atoms with Crippen LogP contribution in [0.25, 0.3) is 0 Å². The van der Waals surface area contributed by atoms with Crippen molar-refractivity contribution in [3.8, 4) is 0 Å². The van der Waals surface area contributed by atoms with Crippen LogP contribution in [0, 0.1) is 0 Å². The van der Waals surface area contributed by atoms with Gasteiger partial charge in [0, 0.05) is 6.54 Å². The van der Waals surface area contributed by atoms with E-state index in [1.54, 1.807) is 0 Å². The van der Waals surface area contributed by atoms with Crippen LogP contribution in [-0.4, -0.2) is 40.2 Å². The summed E-state index contributed by atoms with van der Waals surface area (Å²) in [6.45, 7) is -0.311. The molecule has 0 bridgehead atoms. The van der Waals surface area contributed by atoms with Crippen LogP contribution in [-0.2, 0) is 25.8 Å². The van der Waals surface area contributed by atoms with Crippen LogP contribution in [0.5, 0.6) is 0 Å². The topological polar surface area (TPSA) is 144 Å². The van der Waals surface area contributed by atoms with Gasteiger partial charge in [-0.2, -0.15) is 0 Å². The summed E-state index contributed by atoms with van der Waals surface area (Å²) in [6.07, 6.45) is 0. The van der Waals surface area contributed by atoms with E-state index in [0.29, 0.717) is 5.56 Å². The van der Waals surface area contributed by atoms with Crippen molar-refractivity contribution >= 4 is 26.0 Å². The van der Waals surface area contributed by atoms with Gasteiger partial charge in [-0.25, -0.2) is 31.5 Å². The van der Waals surface area contributed by atoms with Crippen molar-refractivity contribution in [2.75, 3.05) is 12.3 Å². The quantitative estimate of drug-likeness (QED) is 0.593. The second-order valence-electron chi connectivity index (χ2n) is 4.02. The summed E-state index contributed by atoms with van der Waals surface area (Å²) >= 11 is 0. The Labute approximate surface area is 116 Å². The fraction of sp³-hybridized carbons (Fsp3) is 0.300. The number of nitrogens with one attached hydrogen (secondary N) is 1. The van der Waals surface area contributed by atoms with Crippen LogP contribution >= 0.6 is 0 Å². The standard InChI is InChI=1S/C10H14N2O6S2/c11-19(15,16)6-5-12-20(17,18)7-8-1-3-9(4-2-8)10(13)14/h1-4,12H,5-7H2,(H,13,14)(H2,11,15,16). The van der Waals surface area contributed by atoms with Crippen molar-refractivity contribution in [2.45, 2.75) is 5.75 Å². The maximum atomic E-state index is 11.6. The van der Waals surface area contributed by atoms with E-state index in [1.165, 1.54) is 24.3 Å². The van der Waals surface area contributed by atoms with E-state index in [4.69, 9.17) is 10.2 Å². The number of hydrogen-bond acceptors (Lipinski definition) is 5. The van der Waals surface area contributed by atoms with E-state index < -0.39 is 31.8 Å². The van der Waals surface area contributed by atoms with Crippen LogP contribution in [0.1, 0.15) is 15.9 Å². The van der Waals surface area contributed by atoms with E-state index in [2.05, 4.69) is 4.72 Å². The lowest BCUT2D eigenvalue weighted by Gasteiger charge is -2.06. The number of primary sulfonamides is 1. The number of carbonyl (C=O) groups is 1. The van der Waals surface area contributed by atoms with Crippen LogP contribution in [0.3, 0.4) is 0 Å². The van der Waals surface area contributed by atoms with Gasteiger partial charge in [-0.3, -0.25) is 0 Å². The van der Waals surface area contributed by atoms with Crippen LogP contribution in [0.4, 0.5) is 0 Å². The highest BCUT2D eigenvalue weighted by Crippen LogP contribution is 2.07. The lowest BCUT2D eigenvalue weighted by atomic mass is 10.1. The van der Waals surface area contributed by atoms with E-state index in [1.807, 2.05) is 0 Å². The molecule has 0 amide bonds. The lowest BCUT2D eigenvalue weighted by Crippen LogP contribution is -2.32. The Morgan fingerprint density at radius 2 is 1.70 bits per heavy atom. The molecule has 20 heavy (non-hydrogen) atoms. The summed E-state index contributed by atoms with van der Waals surface area (Å²) in [4.78, 5) is 10.6. The van der Waals surface area contributed by atoms with E-state index in [9.17, 15) is 21.6 Å². The monoisotopic (exact) mass is 322 g/mol. The summed E-state index contributed by atoms with van der Waals surface area (Å²) in [5, 5.41) is 13.4. The number of rotatable bonds is 7. The number of sulfonamides is 2. The third-order valence-corrected chi connectivity index (χ3v) is 4.40. The summed E-state index contributed by atoms with van der Waals surface area (Å²) < 4.78 is 46.7. The molecule has 0 saturated heterocycles. The normalized spacial score (nSPS) is 12.2. The minimum Gasteiger partial charge on any atom is -0.478 e. The maximum absolute atomic E-state index is 11.6. The highest BCUT2D eigenvalue weighted by Gasteiger charge is 2.13. The first kappa shape index (κ1) is 16.6. The Kier molecular flexibility index (Phi) is 5.22. The van der Waals surface area contributed by atoms with Crippen molar-refractivity contribution in [3.05, 3.63) is 35.4 Å². The summed E-state index contributed by atoms with van der Waals surface area (Å²) in [5.74, 6) is -1.98. The first-order valence-electron chi connectivity index (χ1n) is 5.39. The van der Waals surface area contributed by atoms with Gasteiger partial charge in [0.25, 0.3) is 0 Å². The third kappa shape index (κ3) is 6.10. The number of benzene rings is 1. The van der Waals surface area contributed by atoms with Crippen molar-refractivity contribution in [1.29, 1.82) is 0 Å². The Balaban J connectivity index is 2.64. The van der Waals surface area contributed by atoms with Gasteiger partial charge < -0.3 is 5.11 Å². The van der Waals surface area contributed by atoms with Crippen LogP contribution in [0.15, 0.2) is 24.3 Å². The zero-order valence-corrected chi connectivity index (χ0v) is 11.9. The van der Waals surface area contributed by atoms with Crippen LogP contribution < -0.4 is 9.86 Å². The Morgan fingerprint density at radius 3 is 2.15 bits per heavy atom. The zero-order chi connectivity index (χ0) is 15.4. The number of carboxylic acids is 1. The minimum atomic E-state index is -3.73. The second-order valence-corrected chi connectivity index (χ2v) is 7.56. The molecular formula is C10H14N2O6S2. The van der Waals surface area contributed by atoms with Gasteiger partial charge in [-0.05, 0) is 17.7 Å². The highest BCUT2D eigenvalue weighted by atomic mass is 32.2. The van der Waals surface area contributed by atoms with E-state index >= 15 is 0 Å². The second kappa shape index (κ2) is 6.31. The van der Waals surface area contributed by atoms with Gasteiger partial charge >= 0.3 is 5.97 Å². The maximum Gasteiger partial charge on any atom is 0.335 e. The highest BCUT2D eigenvalue weighted by molar-refractivity contribution is 7.89. The Hall–Kier alpha value is -1.49. The molecule has 0 fully saturated rings. The van der Waals surface area contributed by atoms with Gasteiger partial charge in [0.2, 0.25) is 20.0 Å². The van der Waals surface area contributed by atoms with Crippen molar-refractivity contribution < 1.29 is 26.7 Å². The number of hydrogen-bond donors (Lipinski definition) is 3. The molecule has 10 heteroatoms. The molecule has 1 rings (SSSR count). The number of carboxylic acid groups (broad SMARTS) is 1. The Morgan fingerprint density at radius 1 is 1.15 bits per heavy atom. The predicted octanol–water partition coefficient (Wildman–Crippen LogP) is -0.907. The third-order valence-electron chi connectivity index (χ3n) is 2.27. The van der Waals surface area contributed by atoms with Crippen LogP contribution in [0.2, 0.25) is 0 Å². The summed E-state index contributed by atoms with van der Waals surface area (Å²) in [6, 6.07) is 5.33. The predicted molar refractivity (Wildman–Crippen MR) is 72.0 cm³/mol. The average Bonchev–Trinajstić information content (AvgIpc) is 2.26. The molecule has 0 heterocycles. The molecule has 0 saturated carbocycles. The minimum absolute atomic E-state index is 0.0494. The molecule has 112 valence electrons. The average molecular weight is 322 g/mol. The van der Waals surface area contributed by atoms with Crippen molar-refractivity contribution in [3.63, 3.8) is 0 Å². The summed E-state index contributed by atoms with van der Waals surface area (Å²) in [5.41, 5.74) is 0.437. The Bertz CT molecular complexity index is 679. The van der Waals surface area contributed by atoms with Gasteiger partial charge in [-0.15, -0.1) is 0 Å². The van der Waals surface area contributed by atoms with Gasteiger partial charge in [0.1, 0.15) is 0 Å². The lowest BCUT2D eigenvalue weighted by molar-refractivity contribution is 0.0697. The number of nitrogens with two attached hydrogens (primary N) is 1. The molecule has 1 aromatic rings.